The van der Waals surface area contributed by atoms with Gasteiger partial charge in [0.25, 0.3) is 5.91 Å². The summed E-state index contributed by atoms with van der Waals surface area (Å²) in [5.41, 5.74) is -1.04. The van der Waals surface area contributed by atoms with E-state index in [0.717, 1.165) is 12.5 Å². The normalized spacial score (nSPS) is 16.8. The van der Waals surface area contributed by atoms with Crippen molar-refractivity contribution in [2.45, 2.75) is 24.8 Å². The number of benzene rings is 1. The summed E-state index contributed by atoms with van der Waals surface area (Å²) in [5.74, 6) is -2.22. The Morgan fingerprint density at radius 2 is 2.06 bits per heavy atom. The van der Waals surface area contributed by atoms with Gasteiger partial charge in [-0.1, -0.05) is 11.6 Å². The van der Waals surface area contributed by atoms with Crippen LogP contribution in [0, 0.1) is 5.82 Å². The molecule has 6 heteroatoms. The monoisotopic (exact) mass is 271 g/mol. The molecule has 0 bridgehead atoms. The third kappa shape index (κ3) is 2.18. The Bertz CT molecular complexity index is 514. The Morgan fingerprint density at radius 1 is 1.39 bits per heavy atom. The van der Waals surface area contributed by atoms with Gasteiger partial charge >= 0.3 is 5.97 Å². The summed E-state index contributed by atoms with van der Waals surface area (Å²) in [6.45, 7) is 0. The Balaban J connectivity index is 2.17. The predicted molar refractivity (Wildman–Crippen MR) is 63.1 cm³/mol. The molecule has 18 heavy (non-hydrogen) atoms. The van der Waals surface area contributed by atoms with Gasteiger partial charge in [0.1, 0.15) is 11.4 Å². The summed E-state index contributed by atoms with van der Waals surface area (Å²) < 4.78 is 12.9. The van der Waals surface area contributed by atoms with E-state index in [9.17, 15) is 14.0 Å². The summed E-state index contributed by atoms with van der Waals surface area (Å²) in [6, 6.07) is 3.52. The lowest BCUT2D eigenvalue weighted by Gasteiger charge is -2.38. The van der Waals surface area contributed by atoms with E-state index in [0.29, 0.717) is 12.8 Å². The highest BCUT2D eigenvalue weighted by atomic mass is 35.5. The fraction of sp³-hybridized carbons (Fsp3) is 0.333. The average molecular weight is 272 g/mol. The standard InChI is InChI=1S/C12H11ClFNO3/c13-8-6-7(2-3-9(8)14)10(16)15-12(11(17)18)4-1-5-12/h2-3,6H,1,4-5H2,(H,15,16)(H,17,18). The third-order valence-corrected chi connectivity index (χ3v) is 3.44. The fourth-order valence-corrected chi connectivity index (χ4v) is 2.03. The van der Waals surface area contributed by atoms with Gasteiger partial charge in [-0.15, -0.1) is 0 Å². The molecule has 0 spiro atoms. The van der Waals surface area contributed by atoms with Crippen molar-refractivity contribution >= 4 is 23.5 Å². The summed E-state index contributed by atoms with van der Waals surface area (Å²) in [6.07, 6.45) is 1.57. The van der Waals surface area contributed by atoms with Crippen LogP contribution in [-0.4, -0.2) is 22.5 Å². The van der Waals surface area contributed by atoms with Crippen LogP contribution in [0.4, 0.5) is 4.39 Å². The van der Waals surface area contributed by atoms with Gasteiger partial charge in [-0.3, -0.25) is 4.79 Å². The molecule has 0 aromatic heterocycles. The molecule has 1 aliphatic rings. The van der Waals surface area contributed by atoms with Gasteiger partial charge in [-0.2, -0.15) is 0 Å². The minimum absolute atomic E-state index is 0.147. The molecule has 96 valence electrons. The highest BCUT2D eigenvalue weighted by molar-refractivity contribution is 6.31. The first-order chi connectivity index (χ1) is 8.44. The van der Waals surface area contributed by atoms with Crippen molar-refractivity contribution in [3.8, 4) is 0 Å². The van der Waals surface area contributed by atoms with Crippen molar-refractivity contribution in [3.05, 3.63) is 34.6 Å². The molecular formula is C12H11ClFNO3. The summed E-state index contributed by atoms with van der Waals surface area (Å²) >= 11 is 5.57. The van der Waals surface area contributed by atoms with Gasteiger partial charge in [0, 0.05) is 5.56 Å². The van der Waals surface area contributed by atoms with Gasteiger partial charge in [-0.25, -0.2) is 9.18 Å². The molecular weight excluding hydrogens is 261 g/mol. The van der Waals surface area contributed by atoms with Gasteiger partial charge < -0.3 is 10.4 Å². The van der Waals surface area contributed by atoms with Crippen molar-refractivity contribution < 1.29 is 19.1 Å². The van der Waals surface area contributed by atoms with Crippen molar-refractivity contribution in [2.75, 3.05) is 0 Å². The zero-order chi connectivity index (χ0) is 13.3. The van der Waals surface area contributed by atoms with E-state index < -0.39 is 23.2 Å². The number of carboxylic acids is 1. The number of amides is 1. The van der Waals surface area contributed by atoms with Gasteiger partial charge in [0.05, 0.1) is 5.02 Å². The fourth-order valence-electron chi connectivity index (χ4n) is 1.85. The number of carbonyl (C=O) groups is 2. The van der Waals surface area contributed by atoms with Crippen LogP contribution < -0.4 is 5.32 Å². The van der Waals surface area contributed by atoms with Crippen LogP contribution in [-0.2, 0) is 4.79 Å². The van der Waals surface area contributed by atoms with Crippen LogP contribution in [0.1, 0.15) is 29.6 Å². The summed E-state index contributed by atoms with van der Waals surface area (Å²) in [4.78, 5) is 23.0. The first kappa shape index (κ1) is 12.8. The maximum atomic E-state index is 12.9. The molecule has 1 aliphatic carbocycles. The number of carboxylic acid groups (broad SMARTS) is 1. The van der Waals surface area contributed by atoms with Crippen LogP contribution in [0.5, 0.6) is 0 Å². The molecule has 4 nitrogen and oxygen atoms in total. The lowest BCUT2D eigenvalue weighted by atomic mass is 9.76. The van der Waals surface area contributed by atoms with E-state index in [1.807, 2.05) is 0 Å². The van der Waals surface area contributed by atoms with Gasteiger partial charge in [0.15, 0.2) is 0 Å². The highest BCUT2D eigenvalue weighted by Crippen LogP contribution is 2.32. The molecule has 2 rings (SSSR count). The minimum Gasteiger partial charge on any atom is -0.480 e. The molecule has 0 atom stereocenters. The van der Waals surface area contributed by atoms with Crippen LogP contribution in [0.25, 0.3) is 0 Å². The maximum Gasteiger partial charge on any atom is 0.329 e. The van der Waals surface area contributed by atoms with Crippen LogP contribution >= 0.6 is 11.6 Å². The number of aliphatic carboxylic acids is 1. The molecule has 0 aliphatic heterocycles. The van der Waals surface area contributed by atoms with Gasteiger partial charge in [-0.05, 0) is 37.5 Å². The van der Waals surface area contributed by atoms with Gasteiger partial charge in [0.2, 0.25) is 0 Å². The predicted octanol–water partition coefficient (Wildman–Crippen LogP) is 2.22. The van der Waals surface area contributed by atoms with E-state index in [4.69, 9.17) is 16.7 Å². The Hall–Kier alpha value is -1.62. The first-order valence-electron chi connectivity index (χ1n) is 5.45. The Kier molecular flexibility index (Phi) is 3.26. The maximum absolute atomic E-state index is 12.9. The molecule has 0 heterocycles. The molecule has 1 saturated carbocycles. The molecule has 1 aromatic carbocycles. The lowest BCUT2D eigenvalue weighted by molar-refractivity contribution is -0.148. The zero-order valence-electron chi connectivity index (χ0n) is 9.37. The SMILES string of the molecule is O=C(NC1(C(=O)O)CCC1)c1ccc(F)c(Cl)c1. The molecule has 0 radical (unpaired) electrons. The lowest BCUT2D eigenvalue weighted by Crippen LogP contribution is -2.59. The van der Waals surface area contributed by atoms with E-state index in [2.05, 4.69) is 5.32 Å². The molecule has 2 N–H and O–H groups in total. The largest absolute Gasteiger partial charge is 0.480 e. The number of hydrogen-bond acceptors (Lipinski definition) is 2. The number of carbonyl (C=O) groups excluding carboxylic acids is 1. The second-order valence-corrected chi connectivity index (χ2v) is 4.73. The topological polar surface area (TPSA) is 66.4 Å². The van der Waals surface area contributed by atoms with Crippen molar-refractivity contribution in [3.63, 3.8) is 0 Å². The van der Waals surface area contributed by atoms with Crippen LogP contribution in [0.2, 0.25) is 5.02 Å². The third-order valence-electron chi connectivity index (χ3n) is 3.15. The number of hydrogen-bond donors (Lipinski definition) is 2. The summed E-state index contributed by atoms with van der Waals surface area (Å²) in [7, 11) is 0. The second kappa shape index (κ2) is 4.57. The molecule has 1 aromatic rings. The summed E-state index contributed by atoms with van der Waals surface area (Å²) in [5, 5.41) is 11.4. The molecule has 1 amide bonds. The van der Waals surface area contributed by atoms with E-state index >= 15 is 0 Å². The van der Waals surface area contributed by atoms with Crippen molar-refractivity contribution in [2.24, 2.45) is 0 Å². The minimum atomic E-state index is -1.18. The Labute approximate surface area is 108 Å². The van der Waals surface area contributed by atoms with E-state index in [1.165, 1.54) is 12.1 Å². The molecule has 0 unspecified atom stereocenters. The first-order valence-corrected chi connectivity index (χ1v) is 5.83. The second-order valence-electron chi connectivity index (χ2n) is 4.32. The Morgan fingerprint density at radius 3 is 2.50 bits per heavy atom. The van der Waals surface area contributed by atoms with E-state index in [-0.39, 0.29) is 10.6 Å². The highest BCUT2D eigenvalue weighted by Gasteiger charge is 2.45. The average Bonchev–Trinajstić information content (AvgIpc) is 2.26. The van der Waals surface area contributed by atoms with Crippen LogP contribution in [0.3, 0.4) is 0 Å². The number of halogens is 2. The smallest absolute Gasteiger partial charge is 0.329 e. The number of nitrogens with one attached hydrogen (secondary N) is 1. The van der Waals surface area contributed by atoms with E-state index in [1.54, 1.807) is 0 Å². The zero-order valence-corrected chi connectivity index (χ0v) is 10.1. The molecule has 0 saturated heterocycles. The number of rotatable bonds is 3. The molecule has 1 fully saturated rings. The van der Waals surface area contributed by atoms with Crippen molar-refractivity contribution in [1.82, 2.24) is 5.32 Å². The van der Waals surface area contributed by atoms with Crippen molar-refractivity contribution in [1.29, 1.82) is 0 Å². The van der Waals surface area contributed by atoms with Crippen LogP contribution in [0.15, 0.2) is 18.2 Å². The quantitative estimate of drug-likeness (QED) is 0.886.